The molecule has 24 heavy (non-hydrogen) atoms. The first kappa shape index (κ1) is 14.6. The summed E-state index contributed by atoms with van der Waals surface area (Å²) in [6.45, 7) is 0. The summed E-state index contributed by atoms with van der Waals surface area (Å²) >= 11 is 0. The number of nitrogens with zero attached hydrogens (tertiary/aromatic N) is 2. The first-order valence-electron chi connectivity index (χ1n) is 8.00. The Morgan fingerprint density at radius 2 is 1.58 bits per heavy atom. The van der Waals surface area contributed by atoms with Gasteiger partial charge in [-0.1, -0.05) is 30.3 Å². The van der Waals surface area contributed by atoms with Gasteiger partial charge in [0, 0.05) is 23.4 Å². The van der Waals surface area contributed by atoms with E-state index in [1.54, 1.807) is 12.1 Å². The van der Waals surface area contributed by atoms with Crippen LogP contribution < -0.4 is 10.6 Å². The Balaban J connectivity index is 1.67. The third kappa shape index (κ3) is 3.51. The maximum atomic E-state index is 13.1. The second-order valence-corrected chi connectivity index (χ2v) is 5.88. The van der Waals surface area contributed by atoms with Gasteiger partial charge in [-0.15, -0.1) is 0 Å². The summed E-state index contributed by atoms with van der Waals surface area (Å²) < 4.78 is 13.1. The molecule has 1 fully saturated rings. The third-order valence-electron chi connectivity index (χ3n) is 3.80. The lowest BCUT2D eigenvalue weighted by molar-refractivity contribution is 0.628. The first-order chi connectivity index (χ1) is 11.8. The molecular formula is C19H17FN4. The van der Waals surface area contributed by atoms with Crippen LogP contribution in [-0.2, 0) is 0 Å². The average Bonchev–Trinajstić information content (AvgIpc) is 3.42. The van der Waals surface area contributed by atoms with Crippen molar-refractivity contribution in [1.82, 2.24) is 9.97 Å². The Kier molecular flexibility index (Phi) is 3.83. The standard InChI is InChI=1S/C19H17FN4/c20-14-6-8-15(9-7-14)21-17-12-18(22-16-10-11-16)24-19(23-17)13-4-2-1-3-5-13/h1-9,12,16H,10-11H2,(H2,21,22,23,24). The molecule has 3 aromatic rings. The maximum absolute atomic E-state index is 13.1. The number of hydrogen-bond acceptors (Lipinski definition) is 4. The van der Waals surface area contributed by atoms with E-state index in [2.05, 4.69) is 20.6 Å². The number of rotatable bonds is 5. The van der Waals surface area contributed by atoms with Crippen LogP contribution in [0.25, 0.3) is 11.4 Å². The molecule has 1 aliphatic rings. The predicted octanol–water partition coefficient (Wildman–Crippen LogP) is 4.60. The molecule has 5 heteroatoms. The topological polar surface area (TPSA) is 49.8 Å². The van der Waals surface area contributed by atoms with Gasteiger partial charge in [-0.2, -0.15) is 0 Å². The number of aromatic nitrogens is 2. The van der Waals surface area contributed by atoms with Gasteiger partial charge in [0.1, 0.15) is 17.5 Å². The minimum Gasteiger partial charge on any atom is -0.367 e. The summed E-state index contributed by atoms with van der Waals surface area (Å²) in [4.78, 5) is 9.21. The normalized spacial score (nSPS) is 13.5. The smallest absolute Gasteiger partial charge is 0.163 e. The third-order valence-corrected chi connectivity index (χ3v) is 3.80. The number of halogens is 1. The summed E-state index contributed by atoms with van der Waals surface area (Å²) in [6.07, 6.45) is 2.34. The first-order valence-corrected chi connectivity index (χ1v) is 8.00. The molecule has 0 spiro atoms. The fourth-order valence-electron chi connectivity index (χ4n) is 2.42. The summed E-state index contributed by atoms with van der Waals surface area (Å²) in [5.41, 5.74) is 1.74. The Labute approximate surface area is 139 Å². The highest BCUT2D eigenvalue weighted by Crippen LogP contribution is 2.27. The molecule has 4 nitrogen and oxygen atoms in total. The van der Waals surface area contributed by atoms with E-state index in [1.807, 2.05) is 36.4 Å². The van der Waals surface area contributed by atoms with Gasteiger partial charge in [0.05, 0.1) is 0 Å². The van der Waals surface area contributed by atoms with Crippen molar-refractivity contribution in [3.05, 3.63) is 66.5 Å². The quantitative estimate of drug-likeness (QED) is 0.721. The SMILES string of the molecule is Fc1ccc(Nc2cc(NC3CC3)nc(-c3ccccc3)n2)cc1. The molecule has 4 rings (SSSR count). The minimum absolute atomic E-state index is 0.260. The molecule has 0 aliphatic heterocycles. The summed E-state index contributed by atoms with van der Waals surface area (Å²) in [5.74, 6) is 1.88. The number of nitrogens with one attached hydrogen (secondary N) is 2. The zero-order valence-electron chi connectivity index (χ0n) is 13.0. The van der Waals surface area contributed by atoms with E-state index in [0.29, 0.717) is 17.7 Å². The van der Waals surface area contributed by atoms with Gasteiger partial charge < -0.3 is 10.6 Å². The van der Waals surface area contributed by atoms with Crippen molar-refractivity contribution < 1.29 is 4.39 Å². The monoisotopic (exact) mass is 320 g/mol. The van der Waals surface area contributed by atoms with Crippen LogP contribution in [0, 0.1) is 5.82 Å². The maximum Gasteiger partial charge on any atom is 0.163 e. The van der Waals surface area contributed by atoms with E-state index >= 15 is 0 Å². The highest BCUT2D eigenvalue weighted by molar-refractivity contribution is 5.65. The summed E-state index contributed by atoms with van der Waals surface area (Å²) in [7, 11) is 0. The highest BCUT2D eigenvalue weighted by Gasteiger charge is 2.22. The van der Waals surface area contributed by atoms with Crippen LogP contribution >= 0.6 is 0 Å². The Morgan fingerprint density at radius 3 is 2.29 bits per heavy atom. The molecule has 120 valence electrons. The highest BCUT2D eigenvalue weighted by atomic mass is 19.1. The molecule has 0 radical (unpaired) electrons. The minimum atomic E-state index is -0.260. The molecule has 0 bridgehead atoms. The molecule has 0 atom stereocenters. The zero-order valence-corrected chi connectivity index (χ0v) is 13.0. The van der Waals surface area contributed by atoms with Crippen LogP contribution in [-0.4, -0.2) is 16.0 Å². The number of hydrogen-bond donors (Lipinski definition) is 2. The molecule has 0 amide bonds. The molecule has 2 N–H and O–H groups in total. The average molecular weight is 320 g/mol. The van der Waals surface area contributed by atoms with Crippen molar-refractivity contribution in [2.75, 3.05) is 10.6 Å². The fraction of sp³-hybridized carbons (Fsp3) is 0.158. The molecule has 2 aromatic carbocycles. The molecular weight excluding hydrogens is 303 g/mol. The number of anilines is 3. The lowest BCUT2D eigenvalue weighted by Gasteiger charge is -2.11. The molecule has 0 saturated heterocycles. The largest absolute Gasteiger partial charge is 0.367 e. The van der Waals surface area contributed by atoms with E-state index in [4.69, 9.17) is 0 Å². The van der Waals surface area contributed by atoms with Crippen LogP contribution in [0.2, 0.25) is 0 Å². The van der Waals surface area contributed by atoms with Crippen LogP contribution in [0.5, 0.6) is 0 Å². The zero-order chi connectivity index (χ0) is 16.4. The van der Waals surface area contributed by atoms with Gasteiger partial charge in [0.15, 0.2) is 5.82 Å². The second kappa shape index (κ2) is 6.28. The van der Waals surface area contributed by atoms with Crippen molar-refractivity contribution in [3.8, 4) is 11.4 Å². The van der Waals surface area contributed by atoms with Gasteiger partial charge in [-0.3, -0.25) is 0 Å². The van der Waals surface area contributed by atoms with E-state index in [0.717, 1.165) is 17.1 Å². The molecule has 1 heterocycles. The van der Waals surface area contributed by atoms with Gasteiger partial charge in [0.2, 0.25) is 0 Å². The molecule has 0 unspecified atom stereocenters. The van der Waals surface area contributed by atoms with Crippen LogP contribution in [0.1, 0.15) is 12.8 Å². The fourth-order valence-corrected chi connectivity index (χ4v) is 2.42. The Hall–Kier alpha value is -2.95. The molecule has 1 saturated carbocycles. The lowest BCUT2D eigenvalue weighted by Crippen LogP contribution is -2.06. The van der Waals surface area contributed by atoms with Crippen LogP contribution in [0.3, 0.4) is 0 Å². The van der Waals surface area contributed by atoms with Crippen LogP contribution in [0.15, 0.2) is 60.7 Å². The van der Waals surface area contributed by atoms with E-state index < -0.39 is 0 Å². The second-order valence-electron chi connectivity index (χ2n) is 5.88. The Morgan fingerprint density at radius 1 is 0.875 bits per heavy atom. The van der Waals surface area contributed by atoms with E-state index in [9.17, 15) is 4.39 Å². The molecule has 1 aliphatic carbocycles. The van der Waals surface area contributed by atoms with Crippen molar-refractivity contribution in [1.29, 1.82) is 0 Å². The van der Waals surface area contributed by atoms with E-state index in [-0.39, 0.29) is 5.82 Å². The predicted molar refractivity (Wildman–Crippen MR) is 93.8 cm³/mol. The summed E-state index contributed by atoms with van der Waals surface area (Å²) in [5, 5.41) is 6.63. The van der Waals surface area contributed by atoms with Crippen molar-refractivity contribution >= 4 is 17.3 Å². The summed E-state index contributed by atoms with van der Waals surface area (Å²) in [6, 6.07) is 18.5. The van der Waals surface area contributed by atoms with Crippen molar-refractivity contribution in [2.45, 2.75) is 18.9 Å². The van der Waals surface area contributed by atoms with E-state index in [1.165, 1.54) is 25.0 Å². The van der Waals surface area contributed by atoms with Gasteiger partial charge in [-0.25, -0.2) is 14.4 Å². The van der Waals surface area contributed by atoms with Gasteiger partial charge in [0.25, 0.3) is 0 Å². The van der Waals surface area contributed by atoms with Crippen molar-refractivity contribution in [3.63, 3.8) is 0 Å². The van der Waals surface area contributed by atoms with Gasteiger partial charge in [-0.05, 0) is 37.1 Å². The van der Waals surface area contributed by atoms with Crippen LogP contribution in [0.4, 0.5) is 21.7 Å². The van der Waals surface area contributed by atoms with Crippen molar-refractivity contribution in [2.24, 2.45) is 0 Å². The molecule has 1 aromatic heterocycles. The Bertz CT molecular complexity index is 830. The number of benzene rings is 2. The lowest BCUT2D eigenvalue weighted by atomic mass is 10.2. The van der Waals surface area contributed by atoms with Gasteiger partial charge >= 0.3 is 0 Å².